The molecule has 2 aromatic rings. The van der Waals surface area contributed by atoms with Gasteiger partial charge in [-0.25, -0.2) is 0 Å². The summed E-state index contributed by atoms with van der Waals surface area (Å²) in [6.45, 7) is 1.10. The molecule has 0 spiro atoms. The number of benzene rings is 2. The molecule has 0 aliphatic heterocycles. The number of nitrogens with one attached hydrogen (secondary N) is 1. The summed E-state index contributed by atoms with van der Waals surface area (Å²) >= 11 is 0. The number of nitrogens with zero attached hydrogens (tertiary/aromatic N) is 1. The SMILES string of the molecule is O=[N+]([O-])c1ccc(CCNCc2cccc(O)c2O)cc1. The number of rotatable bonds is 6. The first-order chi connectivity index (χ1) is 10.1. The van der Waals surface area contributed by atoms with Crippen molar-refractivity contribution in [3.8, 4) is 11.5 Å². The van der Waals surface area contributed by atoms with Crippen LogP contribution in [0.1, 0.15) is 11.1 Å². The molecular formula is C15H16N2O4. The molecule has 0 saturated carbocycles. The van der Waals surface area contributed by atoms with Gasteiger partial charge in [0.15, 0.2) is 11.5 Å². The highest BCUT2D eigenvalue weighted by atomic mass is 16.6. The van der Waals surface area contributed by atoms with Crippen molar-refractivity contribution in [2.24, 2.45) is 0 Å². The number of non-ortho nitro benzene ring substituents is 1. The summed E-state index contributed by atoms with van der Waals surface area (Å²) in [5.41, 5.74) is 1.70. The maximum atomic E-state index is 10.5. The topological polar surface area (TPSA) is 95.6 Å². The van der Waals surface area contributed by atoms with Crippen molar-refractivity contribution in [2.45, 2.75) is 13.0 Å². The Balaban J connectivity index is 1.82. The zero-order chi connectivity index (χ0) is 15.2. The van der Waals surface area contributed by atoms with Gasteiger partial charge in [0.05, 0.1) is 4.92 Å². The third-order valence-corrected chi connectivity index (χ3v) is 3.15. The Hall–Kier alpha value is -2.60. The van der Waals surface area contributed by atoms with Crippen LogP contribution in [0.3, 0.4) is 0 Å². The Morgan fingerprint density at radius 1 is 1.10 bits per heavy atom. The van der Waals surface area contributed by atoms with E-state index in [-0.39, 0.29) is 17.2 Å². The van der Waals surface area contributed by atoms with Crippen LogP contribution in [0, 0.1) is 10.1 Å². The highest BCUT2D eigenvalue weighted by Gasteiger charge is 2.06. The molecule has 0 amide bonds. The smallest absolute Gasteiger partial charge is 0.269 e. The Kier molecular flexibility index (Phi) is 4.73. The van der Waals surface area contributed by atoms with Gasteiger partial charge in [0.2, 0.25) is 0 Å². The molecule has 0 unspecified atom stereocenters. The molecule has 110 valence electrons. The van der Waals surface area contributed by atoms with Gasteiger partial charge >= 0.3 is 0 Å². The van der Waals surface area contributed by atoms with Gasteiger partial charge in [-0.1, -0.05) is 24.3 Å². The lowest BCUT2D eigenvalue weighted by atomic mass is 10.1. The molecule has 0 aliphatic rings. The van der Waals surface area contributed by atoms with Gasteiger partial charge < -0.3 is 15.5 Å². The lowest BCUT2D eigenvalue weighted by molar-refractivity contribution is -0.384. The maximum absolute atomic E-state index is 10.5. The first-order valence-electron chi connectivity index (χ1n) is 6.52. The van der Waals surface area contributed by atoms with Crippen LogP contribution in [0.2, 0.25) is 0 Å². The lowest BCUT2D eigenvalue weighted by Gasteiger charge is -2.08. The van der Waals surface area contributed by atoms with Gasteiger partial charge in [0.1, 0.15) is 0 Å². The van der Waals surface area contributed by atoms with E-state index in [1.807, 2.05) is 0 Å². The quantitative estimate of drug-likeness (QED) is 0.328. The van der Waals surface area contributed by atoms with Crippen molar-refractivity contribution in [1.82, 2.24) is 5.32 Å². The Labute approximate surface area is 121 Å². The van der Waals surface area contributed by atoms with E-state index in [9.17, 15) is 20.3 Å². The molecule has 0 bridgehead atoms. The Morgan fingerprint density at radius 3 is 2.48 bits per heavy atom. The largest absolute Gasteiger partial charge is 0.504 e. The fraction of sp³-hybridized carbons (Fsp3) is 0.200. The molecule has 2 aromatic carbocycles. The van der Waals surface area contributed by atoms with Crippen molar-refractivity contribution in [3.63, 3.8) is 0 Å². The fourth-order valence-electron chi connectivity index (χ4n) is 1.96. The number of nitro groups is 1. The second-order valence-corrected chi connectivity index (χ2v) is 4.64. The second kappa shape index (κ2) is 6.71. The number of phenols is 2. The molecule has 3 N–H and O–H groups in total. The second-order valence-electron chi connectivity index (χ2n) is 4.64. The molecule has 0 aromatic heterocycles. The van der Waals surface area contributed by atoms with Crippen molar-refractivity contribution < 1.29 is 15.1 Å². The Bertz CT molecular complexity index is 626. The predicted molar refractivity (Wildman–Crippen MR) is 78.3 cm³/mol. The van der Waals surface area contributed by atoms with E-state index in [0.29, 0.717) is 18.7 Å². The van der Waals surface area contributed by atoms with Crippen LogP contribution >= 0.6 is 0 Å². The van der Waals surface area contributed by atoms with Crippen LogP contribution < -0.4 is 5.32 Å². The molecular weight excluding hydrogens is 272 g/mol. The monoisotopic (exact) mass is 288 g/mol. The van der Waals surface area contributed by atoms with E-state index in [1.165, 1.54) is 18.2 Å². The van der Waals surface area contributed by atoms with Gasteiger partial charge in [0, 0.05) is 24.2 Å². The summed E-state index contributed by atoms with van der Waals surface area (Å²) in [5, 5.41) is 32.7. The summed E-state index contributed by atoms with van der Waals surface area (Å²) in [6, 6.07) is 11.2. The van der Waals surface area contributed by atoms with Crippen LogP contribution in [0.5, 0.6) is 11.5 Å². The third kappa shape index (κ3) is 3.93. The average molecular weight is 288 g/mol. The van der Waals surface area contributed by atoms with E-state index in [2.05, 4.69) is 5.32 Å². The minimum atomic E-state index is -0.424. The summed E-state index contributed by atoms with van der Waals surface area (Å²) in [5.74, 6) is -0.245. The number of aromatic hydroxyl groups is 2. The standard InChI is InChI=1S/C15H16N2O4/c18-14-3-1-2-12(15(14)19)10-16-9-8-11-4-6-13(7-5-11)17(20)21/h1-7,16,18-19H,8-10H2. The van der Waals surface area contributed by atoms with Gasteiger partial charge in [0.25, 0.3) is 5.69 Å². The van der Waals surface area contributed by atoms with E-state index in [0.717, 1.165) is 12.0 Å². The minimum absolute atomic E-state index is 0.0800. The molecule has 6 nitrogen and oxygen atoms in total. The lowest BCUT2D eigenvalue weighted by Crippen LogP contribution is -2.16. The summed E-state index contributed by atoms with van der Waals surface area (Å²) in [4.78, 5) is 10.1. The van der Waals surface area contributed by atoms with Gasteiger partial charge in [-0.3, -0.25) is 10.1 Å². The third-order valence-electron chi connectivity index (χ3n) is 3.15. The number of phenolic OH excluding ortho intramolecular Hbond substituents is 2. The Morgan fingerprint density at radius 2 is 1.81 bits per heavy atom. The van der Waals surface area contributed by atoms with Crippen molar-refractivity contribution in [2.75, 3.05) is 6.54 Å². The van der Waals surface area contributed by atoms with E-state index in [1.54, 1.807) is 24.3 Å². The zero-order valence-corrected chi connectivity index (χ0v) is 11.3. The molecule has 21 heavy (non-hydrogen) atoms. The van der Waals surface area contributed by atoms with Crippen LogP contribution in [0.25, 0.3) is 0 Å². The van der Waals surface area contributed by atoms with Gasteiger partial charge in [-0.05, 0) is 24.6 Å². The van der Waals surface area contributed by atoms with Crippen molar-refractivity contribution in [1.29, 1.82) is 0 Å². The maximum Gasteiger partial charge on any atom is 0.269 e. The van der Waals surface area contributed by atoms with Crippen LogP contribution in [0.15, 0.2) is 42.5 Å². The molecule has 0 radical (unpaired) electrons. The zero-order valence-electron chi connectivity index (χ0n) is 11.3. The molecule has 2 rings (SSSR count). The van der Waals surface area contributed by atoms with E-state index >= 15 is 0 Å². The normalized spacial score (nSPS) is 10.5. The van der Waals surface area contributed by atoms with E-state index in [4.69, 9.17) is 0 Å². The molecule has 6 heteroatoms. The predicted octanol–water partition coefficient (Wildman–Crippen LogP) is 2.34. The van der Waals surface area contributed by atoms with Crippen molar-refractivity contribution >= 4 is 5.69 Å². The van der Waals surface area contributed by atoms with Crippen molar-refractivity contribution in [3.05, 3.63) is 63.7 Å². The number of hydrogen-bond acceptors (Lipinski definition) is 5. The van der Waals surface area contributed by atoms with Crippen LogP contribution in [0.4, 0.5) is 5.69 Å². The molecule has 0 fully saturated rings. The van der Waals surface area contributed by atoms with Gasteiger partial charge in [-0.2, -0.15) is 0 Å². The van der Waals surface area contributed by atoms with Crippen LogP contribution in [-0.2, 0) is 13.0 Å². The highest BCUT2D eigenvalue weighted by molar-refractivity contribution is 5.44. The molecule has 0 atom stereocenters. The number of para-hydroxylation sites is 1. The van der Waals surface area contributed by atoms with Crippen LogP contribution in [-0.4, -0.2) is 21.7 Å². The number of hydrogen-bond donors (Lipinski definition) is 3. The number of nitro benzene ring substituents is 1. The average Bonchev–Trinajstić information content (AvgIpc) is 2.48. The summed E-state index contributed by atoms with van der Waals surface area (Å²) in [6.07, 6.45) is 0.720. The fourth-order valence-corrected chi connectivity index (χ4v) is 1.96. The summed E-state index contributed by atoms with van der Waals surface area (Å²) < 4.78 is 0. The van der Waals surface area contributed by atoms with E-state index < -0.39 is 4.92 Å². The molecule has 0 aliphatic carbocycles. The summed E-state index contributed by atoms with van der Waals surface area (Å²) in [7, 11) is 0. The molecule has 0 heterocycles. The highest BCUT2D eigenvalue weighted by Crippen LogP contribution is 2.27. The minimum Gasteiger partial charge on any atom is -0.504 e. The molecule has 0 saturated heterocycles. The van der Waals surface area contributed by atoms with Gasteiger partial charge in [-0.15, -0.1) is 0 Å². The first-order valence-corrected chi connectivity index (χ1v) is 6.52. The first kappa shape index (κ1) is 14.8.